The Labute approximate surface area is 177 Å². The van der Waals surface area contributed by atoms with Gasteiger partial charge in [-0.1, -0.05) is 12.1 Å². The van der Waals surface area contributed by atoms with Gasteiger partial charge in [-0.05, 0) is 44.4 Å². The Morgan fingerprint density at radius 1 is 1.45 bits per heavy atom. The third-order valence-corrected chi connectivity index (χ3v) is 5.82. The molecule has 31 heavy (non-hydrogen) atoms. The number of ether oxygens (including phenoxy) is 1. The summed E-state index contributed by atoms with van der Waals surface area (Å²) in [5, 5.41) is 10.2. The van der Waals surface area contributed by atoms with Crippen LogP contribution < -0.4 is 5.73 Å². The number of aryl methyl sites for hydroxylation is 1. The highest BCUT2D eigenvalue weighted by molar-refractivity contribution is 5.77. The second-order valence-electron chi connectivity index (χ2n) is 8.07. The molecule has 0 aliphatic heterocycles. The number of aliphatic hydroxyl groups is 1. The first-order valence-corrected chi connectivity index (χ1v) is 10.1. The number of carbonyl (C=O) groups is 1. The molecule has 1 fully saturated rings. The van der Waals surface area contributed by atoms with E-state index in [1.54, 1.807) is 35.9 Å². The summed E-state index contributed by atoms with van der Waals surface area (Å²) in [5.74, 6) is -0.376. The van der Waals surface area contributed by atoms with Crippen LogP contribution in [0.5, 0.6) is 0 Å². The van der Waals surface area contributed by atoms with Crippen LogP contribution in [-0.4, -0.2) is 38.5 Å². The molecule has 0 spiro atoms. The van der Waals surface area contributed by atoms with Gasteiger partial charge in [-0.2, -0.15) is 0 Å². The fourth-order valence-electron chi connectivity index (χ4n) is 3.78. The van der Waals surface area contributed by atoms with Gasteiger partial charge in [0, 0.05) is 17.7 Å². The predicted octanol–water partition coefficient (Wildman–Crippen LogP) is 3.43. The molecule has 2 unspecified atom stereocenters. The van der Waals surface area contributed by atoms with Crippen molar-refractivity contribution in [3.63, 3.8) is 0 Å². The van der Waals surface area contributed by atoms with E-state index in [1.807, 2.05) is 6.92 Å². The maximum atomic E-state index is 13.4. The summed E-state index contributed by atoms with van der Waals surface area (Å²) in [7, 11) is 0. The zero-order chi connectivity index (χ0) is 22.5. The lowest BCUT2D eigenvalue weighted by molar-refractivity contribution is -0.144. The number of alkyl halides is 2. The molecule has 1 aromatic carbocycles. The summed E-state index contributed by atoms with van der Waals surface area (Å²) in [6.07, 6.45) is 1.06. The Morgan fingerprint density at radius 2 is 2.19 bits per heavy atom. The van der Waals surface area contributed by atoms with Gasteiger partial charge in [0.1, 0.15) is 5.60 Å². The summed E-state index contributed by atoms with van der Waals surface area (Å²) in [6, 6.07) is 4.72. The van der Waals surface area contributed by atoms with Crippen LogP contribution in [0.4, 0.5) is 14.6 Å². The van der Waals surface area contributed by atoms with Crippen LogP contribution in [0.15, 0.2) is 30.6 Å². The van der Waals surface area contributed by atoms with E-state index in [0.29, 0.717) is 35.6 Å². The number of nitrogens with two attached hydrogens (primary N) is 1. The third-order valence-electron chi connectivity index (χ3n) is 5.82. The number of halogens is 2. The number of hydrogen-bond acceptors (Lipinski definition) is 6. The van der Waals surface area contributed by atoms with E-state index in [2.05, 4.69) is 9.97 Å². The van der Waals surface area contributed by atoms with Crippen LogP contribution >= 0.6 is 0 Å². The van der Waals surface area contributed by atoms with Crippen molar-refractivity contribution in [2.45, 2.75) is 45.1 Å². The molecular weight excluding hydrogens is 406 g/mol. The molecule has 7 nitrogen and oxygen atoms in total. The first-order chi connectivity index (χ1) is 14.6. The molecule has 0 radical (unpaired) electrons. The zero-order valence-corrected chi connectivity index (χ0v) is 17.5. The SMILES string of the molecule is CCOC(=O)C1CC1c1cn2c(-c3cc([C@](C)(O)C(F)F)ccc3C)cnc2c(N)n1. The second-order valence-corrected chi connectivity index (χ2v) is 8.07. The molecule has 0 saturated heterocycles. The summed E-state index contributed by atoms with van der Waals surface area (Å²) < 4.78 is 33.6. The van der Waals surface area contributed by atoms with Gasteiger partial charge in [-0.25, -0.2) is 18.7 Å². The van der Waals surface area contributed by atoms with Crippen LogP contribution in [0.25, 0.3) is 16.9 Å². The van der Waals surface area contributed by atoms with Crippen LogP contribution in [0, 0.1) is 12.8 Å². The standard InChI is InChI=1S/C22H24F2N4O3/c1-4-31-20(29)15-8-14(15)16-10-28-17(9-26-19(28)18(25)27-16)13-7-12(6-5-11(13)2)22(3,30)21(23)24/h5-7,9-10,14-15,21,30H,4,8H2,1-3H3,(H2,25,27)/t14?,15?,22-/m0/s1. The van der Waals surface area contributed by atoms with E-state index in [9.17, 15) is 18.7 Å². The van der Waals surface area contributed by atoms with E-state index in [-0.39, 0.29) is 29.2 Å². The topological polar surface area (TPSA) is 103 Å². The monoisotopic (exact) mass is 430 g/mol. The number of aromatic nitrogens is 3. The number of imidazole rings is 1. The number of anilines is 1. The lowest BCUT2D eigenvalue weighted by atomic mass is 9.92. The smallest absolute Gasteiger partial charge is 0.309 e. The minimum Gasteiger partial charge on any atom is -0.466 e. The number of rotatable bonds is 6. The molecule has 2 heterocycles. The molecule has 9 heteroatoms. The lowest BCUT2D eigenvalue weighted by Gasteiger charge is -2.23. The van der Waals surface area contributed by atoms with Crippen molar-refractivity contribution in [3.05, 3.63) is 47.4 Å². The number of nitrogen functional groups attached to an aromatic ring is 1. The van der Waals surface area contributed by atoms with Gasteiger partial charge in [0.2, 0.25) is 0 Å². The van der Waals surface area contributed by atoms with Crippen LogP contribution in [-0.2, 0) is 15.1 Å². The summed E-state index contributed by atoms with van der Waals surface area (Å²) in [6.45, 7) is 5.01. The largest absolute Gasteiger partial charge is 0.466 e. The Morgan fingerprint density at radius 3 is 2.87 bits per heavy atom. The molecule has 2 aromatic heterocycles. The Kier molecular flexibility index (Phi) is 5.17. The van der Waals surface area contributed by atoms with E-state index in [0.717, 1.165) is 12.5 Å². The van der Waals surface area contributed by atoms with Crippen molar-refractivity contribution in [2.24, 2.45) is 5.92 Å². The number of fused-ring (bicyclic) bond motifs is 1. The highest BCUT2D eigenvalue weighted by Crippen LogP contribution is 2.48. The molecule has 164 valence electrons. The Hall–Kier alpha value is -3.07. The van der Waals surface area contributed by atoms with Crippen molar-refractivity contribution in [1.82, 2.24) is 14.4 Å². The van der Waals surface area contributed by atoms with Crippen LogP contribution in [0.2, 0.25) is 0 Å². The quantitative estimate of drug-likeness (QED) is 0.581. The number of carbonyl (C=O) groups excluding carboxylic acids is 1. The summed E-state index contributed by atoms with van der Waals surface area (Å²) in [5.41, 5.74) is 7.11. The highest BCUT2D eigenvalue weighted by atomic mass is 19.3. The van der Waals surface area contributed by atoms with E-state index < -0.39 is 12.0 Å². The Bertz CT molecular complexity index is 1160. The van der Waals surface area contributed by atoms with Crippen molar-refractivity contribution >= 4 is 17.4 Å². The molecule has 1 aliphatic rings. The van der Waals surface area contributed by atoms with Gasteiger partial charge in [0.15, 0.2) is 11.5 Å². The van der Waals surface area contributed by atoms with Gasteiger partial charge < -0.3 is 15.6 Å². The van der Waals surface area contributed by atoms with E-state index in [1.165, 1.54) is 6.07 Å². The maximum absolute atomic E-state index is 13.4. The maximum Gasteiger partial charge on any atom is 0.309 e. The molecular formula is C22H24F2N4O3. The number of esters is 1. The average Bonchev–Trinajstić information content (AvgIpc) is 3.41. The van der Waals surface area contributed by atoms with Crippen molar-refractivity contribution < 1.29 is 23.4 Å². The number of hydrogen-bond donors (Lipinski definition) is 2. The number of nitrogens with zero attached hydrogens (tertiary/aromatic N) is 3. The van der Waals surface area contributed by atoms with Crippen molar-refractivity contribution in [2.75, 3.05) is 12.3 Å². The molecule has 3 aromatic rings. The molecule has 1 saturated carbocycles. The Balaban J connectivity index is 1.78. The lowest BCUT2D eigenvalue weighted by Crippen LogP contribution is -2.30. The van der Waals surface area contributed by atoms with Gasteiger partial charge in [0.25, 0.3) is 6.43 Å². The van der Waals surface area contributed by atoms with Crippen LogP contribution in [0.3, 0.4) is 0 Å². The first kappa shape index (κ1) is 21.2. The van der Waals surface area contributed by atoms with Gasteiger partial charge in [-0.15, -0.1) is 0 Å². The first-order valence-electron chi connectivity index (χ1n) is 10.1. The minimum atomic E-state index is -2.94. The summed E-state index contributed by atoms with van der Waals surface area (Å²) in [4.78, 5) is 20.8. The third kappa shape index (κ3) is 3.63. The minimum absolute atomic E-state index is 0.0898. The van der Waals surface area contributed by atoms with Gasteiger partial charge in [-0.3, -0.25) is 9.20 Å². The predicted molar refractivity (Wildman–Crippen MR) is 111 cm³/mol. The fraction of sp³-hybridized carbons (Fsp3) is 0.409. The fourth-order valence-corrected chi connectivity index (χ4v) is 3.78. The highest BCUT2D eigenvalue weighted by Gasteiger charge is 2.46. The second kappa shape index (κ2) is 7.56. The van der Waals surface area contributed by atoms with Gasteiger partial charge >= 0.3 is 5.97 Å². The van der Waals surface area contributed by atoms with Gasteiger partial charge in [0.05, 0.1) is 30.1 Å². The number of benzene rings is 1. The van der Waals surface area contributed by atoms with Crippen LogP contribution in [0.1, 0.15) is 43.0 Å². The molecule has 4 rings (SSSR count). The molecule has 1 aliphatic carbocycles. The molecule has 3 atom stereocenters. The zero-order valence-electron chi connectivity index (χ0n) is 17.5. The van der Waals surface area contributed by atoms with Crippen molar-refractivity contribution in [1.29, 1.82) is 0 Å². The average molecular weight is 430 g/mol. The molecule has 0 bridgehead atoms. The van der Waals surface area contributed by atoms with Crippen molar-refractivity contribution in [3.8, 4) is 11.3 Å². The van der Waals surface area contributed by atoms with E-state index in [4.69, 9.17) is 10.5 Å². The molecule has 0 amide bonds. The summed E-state index contributed by atoms with van der Waals surface area (Å²) >= 11 is 0. The molecule has 3 N–H and O–H groups in total. The normalized spacial score (nSPS) is 20.1. The van der Waals surface area contributed by atoms with E-state index >= 15 is 0 Å².